The highest BCUT2D eigenvalue weighted by Crippen LogP contribution is 2.51. The van der Waals surface area contributed by atoms with E-state index < -0.39 is 65.4 Å². The van der Waals surface area contributed by atoms with E-state index in [1.165, 1.54) is 13.8 Å². The van der Waals surface area contributed by atoms with Gasteiger partial charge in [0.25, 0.3) is 15.5 Å². The molecule has 0 atom stereocenters. The van der Waals surface area contributed by atoms with Gasteiger partial charge in [-0.1, -0.05) is 0 Å². The zero-order valence-corrected chi connectivity index (χ0v) is 16.5. The lowest BCUT2D eigenvalue weighted by Gasteiger charge is -2.27. The summed E-state index contributed by atoms with van der Waals surface area (Å²) in [6, 6.07) is 0.630. The topological polar surface area (TPSA) is 104 Å². The van der Waals surface area contributed by atoms with E-state index in [2.05, 4.69) is 0 Å². The second-order valence-corrected chi connectivity index (χ2v) is 8.81. The summed E-state index contributed by atoms with van der Waals surface area (Å²) < 4.78 is 119. The SMILES string of the molecule is CC(C)OC(=O)CSc1ccc(S(=O)(=O)C(F)(F)C(F)(F)C(F)(F)F)cc1[N+](=O)[O-]. The number of rotatable bonds is 8. The molecule has 0 fully saturated rings. The predicted octanol–water partition coefficient (Wildman–Crippen LogP) is 4.20. The lowest BCUT2D eigenvalue weighted by atomic mass is 10.3. The van der Waals surface area contributed by atoms with Crippen molar-refractivity contribution in [2.75, 3.05) is 5.75 Å². The number of halogens is 7. The van der Waals surface area contributed by atoms with Gasteiger partial charge in [0.15, 0.2) is 0 Å². The molecule has 0 spiro atoms. The highest BCUT2D eigenvalue weighted by molar-refractivity contribution is 8.00. The smallest absolute Gasteiger partial charge is 0.461 e. The van der Waals surface area contributed by atoms with E-state index in [-0.39, 0.29) is 12.1 Å². The van der Waals surface area contributed by atoms with Crippen LogP contribution >= 0.6 is 11.8 Å². The van der Waals surface area contributed by atoms with Crippen molar-refractivity contribution >= 4 is 33.3 Å². The van der Waals surface area contributed by atoms with Crippen molar-refractivity contribution in [1.29, 1.82) is 0 Å². The van der Waals surface area contributed by atoms with Crippen LogP contribution in [0.25, 0.3) is 0 Å². The molecular formula is C14H12F7NO6S2. The molecule has 170 valence electrons. The summed E-state index contributed by atoms with van der Waals surface area (Å²) in [6.45, 7) is 3.00. The highest BCUT2D eigenvalue weighted by Gasteiger charge is 2.78. The fraction of sp³-hybridized carbons (Fsp3) is 0.500. The summed E-state index contributed by atoms with van der Waals surface area (Å²) in [6.07, 6.45) is -7.44. The molecule has 0 saturated heterocycles. The van der Waals surface area contributed by atoms with Crippen molar-refractivity contribution in [3.05, 3.63) is 28.3 Å². The number of nitrogens with zero attached hydrogens (tertiary/aromatic N) is 1. The van der Waals surface area contributed by atoms with Crippen LogP contribution in [0.15, 0.2) is 28.0 Å². The molecule has 0 aliphatic carbocycles. The first-order chi connectivity index (χ1) is 13.4. The van der Waals surface area contributed by atoms with Crippen LogP contribution in [0.1, 0.15) is 13.8 Å². The van der Waals surface area contributed by atoms with Crippen molar-refractivity contribution in [3.8, 4) is 0 Å². The molecule has 16 heteroatoms. The van der Waals surface area contributed by atoms with Crippen LogP contribution in [0.5, 0.6) is 0 Å². The van der Waals surface area contributed by atoms with E-state index in [1.54, 1.807) is 0 Å². The molecule has 0 heterocycles. The Labute approximate surface area is 168 Å². The first-order valence-corrected chi connectivity index (χ1v) is 10.0. The second kappa shape index (κ2) is 8.56. The zero-order valence-electron chi connectivity index (χ0n) is 14.9. The molecule has 0 radical (unpaired) electrons. The standard InChI is InChI=1S/C14H12F7NO6S2/c1-7(2)28-11(23)6-29-10-4-3-8(5-9(10)22(24)25)30(26,27)14(20,21)12(15,16)13(17,18)19/h3-5,7H,6H2,1-2H3. The van der Waals surface area contributed by atoms with Gasteiger partial charge < -0.3 is 4.74 Å². The summed E-state index contributed by atoms with van der Waals surface area (Å²) >= 11 is 0.435. The Hall–Kier alpha value is -2.10. The van der Waals surface area contributed by atoms with Gasteiger partial charge in [0.2, 0.25) is 0 Å². The Bertz CT molecular complexity index is 931. The van der Waals surface area contributed by atoms with Gasteiger partial charge in [-0.25, -0.2) is 8.42 Å². The lowest BCUT2D eigenvalue weighted by molar-refractivity contribution is -0.388. The monoisotopic (exact) mass is 487 g/mol. The number of alkyl halides is 7. The number of carbonyl (C=O) groups excluding carboxylic acids is 1. The van der Waals surface area contributed by atoms with Crippen LogP contribution in [-0.4, -0.2) is 48.5 Å². The molecule has 30 heavy (non-hydrogen) atoms. The average molecular weight is 487 g/mol. The van der Waals surface area contributed by atoms with Crippen LogP contribution in [0.3, 0.4) is 0 Å². The molecule has 0 bridgehead atoms. The summed E-state index contributed by atoms with van der Waals surface area (Å²) in [4.78, 5) is 19.0. The van der Waals surface area contributed by atoms with Crippen molar-refractivity contribution in [2.45, 2.75) is 47.1 Å². The number of thioether (sulfide) groups is 1. The molecule has 7 nitrogen and oxygen atoms in total. The Morgan fingerprint density at radius 2 is 1.70 bits per heavy atom. The first-order valence-electron chi connectivity index (χ1n) is 7.54. The maximum atomic E-state index is 13.7. The van der Waals surface area contributed by atoms with Gasteiger partial charge in [0.1, 0.15) is 0 Å². The van der Waals surface area contributed by atoms with E-state index in [4.69, 9.17) is 4.74 Å². The molecule has 1 rings (SSSR count). The van der Waals surface area contributed by atoms with Gasteiger partial charge in [0, 0.05) is 6.07 Å². The van der Waals surface area contributed by atoms with Gasteiger partial charge >= 0.3 is 23.3 Å². The van der Waals surface area contributed by atoms with Crippen molar-refractivity contribution in [3.63, 3.8) is 0 Å². The number of ether oxygens (including phenoxy) is 1. The number of nitro benzene ring substituents is 1. The molecule has 0 aliphatic rings. The molecular weight excluding hydrogens is 475 g/mol. The minimum Gasteiger partial charge on any atom is -0.462 e. The Morgan fingerprint density at radius 1 is 1.17 bits per heavy atom. The minimum atomic E-state index is -6.97. The van der Waals surface area contributed by atoms with Crippen LogP contribution in [0.4, 0.5) is 36.4 Å². The van der Waals surface area contributed by atoms with E-state index in [1.807, 2.05) is 0 Å². The number of benzene rings is 1. The minimum absolute atomic E-state index is 0.0915. The number of esters is 1. The van der Waals surface area contributed by atoms with Gasteiger partial charge in [-0.2, -0.15) is 30.7 Å². The molecule has 0 saturated carbocycles. The number of nitro groups is 1. The van der Waals surface area contributed by atoms with Gasteiger partial charge in [0.05, 0.1) is 26.6 Å². The number of sulfone groups is 1. The fourth-order valence-electron chi connectivity index (χ4n) is 1.84. The quantitative estimate of drug-likeness (QED) is 0.178. The molecule has 0 aromatic heterocycles. The zero-order chi connectivity index (χ0) is 23.7. The van der Waals surface area contributed by atoms with Crippen molar-refractivity contribution in [2.24, 2.45) is 0 Å². The fourth-order valence-corrected chi connectivity index (χ4v) is 3.89. The molecule has 1 aromatic rings. The lowest BCUT2D eigenvalue weighted by Crippen LogP contribution is -2.55. The summed E-state index contributed by atoms with van der Waals surface area (Å²) in [5, 5.41) is 4.44. The van der Waals surface area contributed by atoms with Gasteiger partial charge in [-0.3, -0.25) is 14.9 Å². The largest absolute Gasteiger partial charge is 0.462 e. The Kier molecular flexibility index (Phi) is 7.40. The summed E-state index contributed by atoms with van der Waals surface area (Å²) in [5.41, 5.74) is -1.20. The first kappa shape index (κ1) is 25.9. The molecule has 0 amide bonds. The van der Waals surface area contributed by atoms with Crippen molar-refractivity contribution in [1.82, 2.24) is 0 Å². The normalized spacial score (nSPS) is 13.4. The number of hydrogen-bond donors (Lipinski definition) is 0. The molecule has 0 unspecified atom stereocenters. The second-order valence-electron chi connectivity index (χ2n) is 5.81. The number of carbonyl (C=O) groups is 1. The Morgan fingerprint density at radius 3 is 2.13 bits per heavy atom. The van der Waals surface area contributed by atoms with Gasteiger partial charge in [-0.05, 0) is 26.0 Å². The van der Waals surface area contributed by atoms with E-state index in [0.29, 0.717) is 17.8 Å². The Balaban J connectivity index is 3.39. The predicted molar refractivity (Wildman–Crippen MR) is 88.2 cm³/mol. The van der Waals surface area contributed by atoms with E-state index in [9.17, 15) is 54.1 Å². The highest BCUT2D eigenvalue weighted by atomic mass is 32.2. The van der Waals surface area contributed by atoms with Crippen LogP contribution in [0.2, 0.25) is 0 Å². The molecule has 1 aromatic carbocycles. The molecule has 0 aliphatic heterocycles. The third kappa shape index (κ3) is 4.96. The number of hydrogen-bond acceptors (Lipinski definition) is 7. The van der Waals surface area contributed by atoms with E-state index >= 15 is 0 Å². The maximum Gasteiger partial charge on any atom is 0.461 e. The van der Waals surface area contributed by atoms with E-state index in [0.717, 1.165) is 0 Å². The van der Waals surface area contributed by atoms with Crippen LogP contribution in [0, 0.1) is 10.1 Å². The van der Waals surface area contributed by atoms with Crippen LogP contribution < -0.4 is 0 Å². The third-order valence-corrected chi connectivity index (χ3v) is 6.05. The third-order valence-electron chi connectivity index (χ3n) is 3.21. The maximum absolute atomic E-state index is 13.7. The average Bonchev–Trinajstić information content (AvgIpc) is 2.57. The van der Waals surface area contributed by atoms with Gasteiger partial charge in [-0.15, -0.1) is 11.8 Å². The summed E-state index contributed by atoms with van der Waals surface area (Å²) in [5.74, 6) is -8.33. The summed E-state index contributed by atoms with van der Waals surface area (Å²) in [7, 11) is -6.71. The van der Waals surface area contributed by atoms with Crippen LogP contribution in [-0.2, 0) is 19.4 Å². The molecule has 0 N–H and O–H groups in total. The van der Waals surface area contributed by atoms with Crippen molar-refractivity contribution < 1.29 is 53.6 Å².